The van der Waals surface area contributed by atoms with E-state index < -0.39 is 0 Å². The molecule has 1 aromatic heterocycles. The summed E-state index contributed by atoms with van der Waals surface area (Å²) in [6.07, 6.45) is 0.933. The third kappa shape index (κ3) is 4.37. The average molecular weight is 303 g/mol. The number of aryl methyl sites for hydroxylation is 1. The van der Waals surface area contributed by atoms with Crippen LogP contribution in [0.4, 0.5) is 0 Å². The van der Waals surface area contributed by atoms with E-state index in [2.05, 4.69) is 15.2 Å². The number of amides is 1. The quantitative estimate of drug-likeness (QED) is 0.835. The zero-order chi connectivity index (χ0) is 15.2. The molecule has 1 amide bonds. The number of carbonyl (C=O) groups excluding carboxylic acids is 1. The number of carbonyl (C=O) groups is 1. The van der Waals surface area contributed by atoms with Crippen molar-refractivity contribution in [3.8, 4) is 10.4 Å². The average Bonchev–Trinajstić information content (AvgIpc) is 2.86. The summed E-state index contributed by atoms with van der Waals surface area (Å²) in [6, 6.07) is 9.94. The molecular formula is C16H21N3OS. The molecule has 0 fully saturated rings. The minimum atomic E-state index is -0.0861. The molecule has 0 aliphatic carbocycles. The summed E-state index contributed by atoms with van der Waals surface area (Å²) in [5.41, 5.74) is 1.58. The van der Waals surface area contributed by atoms with Gasteiger partial charge in [0, 0.05) is 6.54 Å². The van der Waals surface area contributed by atoms with Gasteiger partial charge in [-0.05, 0) is 39.5 Å². The maximum atomic E-state index is 12.3. The van der Waals surface area contributed by atoms with Gasteiger partial charge < -0.3 is 10.2 Å². The van der Waals surface area contributed by atoms with Crippen LogP contribution in [0.15, 0.2) is 30.3 Å². The first-order valence-corrected chi connectivity index (χ1v) is 7.85. The zero-order valence-electron chi connectivity index (χ0n) is 12.7. The lowest BCUT2D eigenvalue weighted by Gasteiger charge is -2.09. The van der Waals surface area contributed by atoms with Crippen LogP contribution in [0.5, 0.6) is 0 Å². The molecule has 0 atom stereocenters. The molecule has 2 rings (SSSR count). The molecule has 21 heavy (non-hydrogen) atoms. The lowest BCUT2D eigenvalue weighted by molar-refractivity contribution is 0.0948. The van der Waals surface area contributed by atoms with Crippen molar-refractivity contribution in [2.45, 2.75) is 13.3 Å². The second-order valence-corrected chi connectivity index (χ2v) is 6.39. The summed E-state index contributed by atoms with van der Waals surface area (Å²) in [5.74, 6) is -0.0861. The molecule has 0 radical (unpaired) electrons. The molecule has 112 valence electrons. The largest absolute Gasteiger partial charge is 0.351 e. The fraction of sp³-hybridized carbons (Fsp3) is 0.375. The van der Waals surface area contributed by atoms with Crippen molar-refractivity contribution in [2.24, 2.45) is 0 Å². The molecule has 2 aromatic rings. The Morgan fingerprint density at radius 1 is 1.29 bits per heavy atom. The van der Waals surface area contributed by atoms with Crippen molar-refractivity contribution in [3.05, 3.63) is 41.0 Å². The summed E-state index contributed by atoms with van der Waals surface area (Å²) in [5, 5.41) is 3.87. The summed E-state index contributed by atoms with van der Waals surface area (Å²) >= 11 is 1.56. The van der Waals surface area contributed by atoms with E-state index in [0.717, 1.165) is 28.4 Å². The van der Waals surface area contributed by atoms with Gasteiger partial charge >= 0.3 is 0 Å². The molecule has 0 aliphatic heterocycles. The summed E-state index contributed by atoms with van der Waals surface area (Å²) in [4.78, 5) is 19.8. The third-order valence-corrected chi connectivity index (χ3v) is 4.07. The number of thiazole rings is 1. The molecule has 0 bridgehead atoms. The van der Waals surface area contributed by atoms with Gasteiger partial charge in [0.25, 0.3) is 5.91 Å². The minimum absolute atomic E-state index is 0.0861. The molecule has 0 saturated carbocycles. The topological polar surface area (TPSA) is 45.2 Å². The molecule has 1 N–H and O–H groups in total. The lowest BCUT2D eigenvalue weighted by Crippen LogP contribution is -2.27. The van der Waals surface area contributed by atoms with Crippen LogP contribution in [0.25, 0.3) is 10.4 Å². The number of nitrogens with one attached hydrogen (secondary N) is 1. The highest BCUT2D eigenvalue weighted by Crippen LogP contribution is 2.29. The summed E-state index contributed by atoms with van der Waals surface area (Å²) < 4.78 is 0. The Labute approximate surface area is 129 Å². The van der Waals surface area contributed by atoms with Gasteiger partial charge in [-0.3, -0.25) is 4.79 Å². The van der Waals surface area contributed by atoms with E-state index in [1.54, 1.807) is 11.3 Å². The van der Waals surface area contributed by atoms with Crippen LogP contribution in [0.2, 0.25) is 0 Å². The highest BCUT2D eigenvalue weighted by molar-refractivity contribution is 7.15. The normalized spacial score (nSPS) is 10.9. The molecule has 1 aromatic carbocycles. The number of benzene rings is 1. The second kappa shape index (κ2) is 7.33. The zero-order valence-corrected chi connectivity index (χ0v) is 13.5. The van der Waals surface area contributed by atoms with Crippen LogP contribution in [-0.4, -0.2) is 43.0 Å². The van der Waals surface area contributed by atoms with Crippen LogP contribution in [0, 0.1) is 6.92 Å². The molecular weight excluding hydrogens is 282 g/mol. The van der Waals surface area contributed by atoms with E-state index in [1.807, 2.05) is 51.4 Å². The fourth-order valence-electron chi connectivity index (χ4n) is 2.05. The van der Waals surface area contributed by atoms with Gasteiger partial charge in [0.1, 0.15) is 5.69 Å². The molecule has 4 nitrogen and oxygen atoms in total. The van der Waals surface area contributed by atoms with Crippen LogP contribution in [0.3, 0.4) is 0 Å². The standard InChI is InChI=1S/C16H21N3OS/c1-12-18-14(16(20)17-10-7-11-19(2)3)15(21-12)13-8-5-4-6-9-13/h4-6,8-9H,7,10-11H2,1-3H3,(H,17,20). The number of hydrogen-bond donors (Lipinski definition) is 1. The van der Waals surface area contributed by atoms with Crippen molar-refractivity contribution in [3.63, 3.8) is 0 Å². The van der Waals surface area contributed by atoms with Crippen molar-refractivity contribution in [1.82, 2.24) is 15.2 Å². The van der Waals surface area contributed by atoms with Gasteiger partial charge in [-0.15, -0.1) is 11.3 Å². The maximum Gasteiger partial charge on any atom is 0.271 e. The molecule has 0 saturated heterocycles. The monoisotopic (exact) mass is 303 g/mol. The van der Waals surface area contributed by atoms with Gasteiger partial charge in [-0.1, -0.05) is 30.3 Å². The van der Waals surface area contributed by atoms with Crippen molar-refractivity contribution in [2.75, 3.05) is 27.2 Å². The Morgan fingerprint density at radius 2 is 2.00 bits per heavy atom. The number of hydrogen-bond acceptors (Lipinski definition) is 4. The van der Waals surface area contributed by atoms with Gasteiger partial charge in [0.05, 0.1) is 9.88 Å². The molecule has 0 aliphatic rings. The van der Waals surface area contributed by atoms with Crippen LogP contribution < -0.4 is 5.32 Å². The van der Waals surface area contributed by atoms with Crippen molar-refractivity contribution < 1.29 is 4.79 Å². The van der Waals surface area contributed by atoms with E-state index in [0.29, 0.717) is 12.2 Å². The number of aromatic nitrogens is 1. The van der Waals surface area contributed by atoms with E-state index in [9.17, 15) is 4.79 Å². The van der Waals surface area contributed by atoms with Gasteiger partial charge in [0.15, 0.2) is 0 Å². The van der Waals surface area contributed by atoms with E-state index in [1.165, 1.54) is 0 Å². The predicted molar refractivity (Wildman–Crippen MR) is 87.8 cm³/mol. The second-order valence-electron chi connectivity index (χ2n) is 5.19. The van der Waals surface area contributed by atoms with Crippen LogP contribution in [-0.2, 0) is 0 Å². The predicted octanol–water partition coefficient (Wildman–Crippen LogP) is 2.80. The number of nitrogens with zero attached hydrogens (tertiary/aromatic N) is 2. The van der Waals surface area contributed by atoms with Gasteiger partial charge in [0.2, 0.25) is 0 Å². The molecule has 5 heteroatoms. The summed E-state index contributed by atoms with van der Waals surface area (Å²) in [6.45, 7) is 3.56. The van der Waals surface area contributed by atoms with Crippen molar-refractivity contribution >= 4 is 17.2 Å². The molecule has 0 spiro atoms. The van der Waals surface area contributed by atoms with E-state index in [-0.39, 0.29) is 5.91 Å². The number of rotatable bonds is 6. The van der Waals surface area contributed by atoms with E-state index in [4.69, 9.17) is 0 Å². The Kier molecular flexibility index (Phi) is 5.47. The first-order chi connectivity index (χ1) is 10.1. The van der Waals surface area contributed by atoms with Gasteiger partial charge in [-0.2, -0.15) is 0 Å². The Balaban J connectivity index is 2.08. The molecule has 1 heterocycles. The first kappa shape index (κ1) is 15.7. The molecule has 0 unspecified atom stereocenters. The minimum Gasteiger partial charge on any atom is -0.351 e. The Hall–Kier alpha value is -1.72. The van der Waals surface area contributed by atoms with Gasteiger partial charge in [-0.25, -0.2) is 4.98 Å². The third-order valence-electron chi connectivity index (χ3n) is 3.05. The van der Waals surface area contributed by atoms with Crippen molar-refractivity contribution in [1.29, 1.82) is 0 Å². The fourth-order valence-corrected chi connectivity index (χ4v) is 2.97. The van der Waals surface area contributed by atoms with Crippen LogP contribution >= 0.6 is 11.3 Å². The maximum absolute atomic E-state index is 12.3. The lowest BCUT2D eigenvalue weighted by atomic mass is 10.1. The smallest absolute Gasteiger partial charge is 0.271 e. The van der Waals surface area contributed by atoms with Crippen LogP contribution in [0.1, 0.15) is 21.9 Å². The Morgan fingerprint density at radius 3 is 2.67 bits per heavy atom. The highest BCUT2D eigenvalue weighted by atomic mass is 32.1. The SMILES string of the molecule is Cc1nc(C(=O)NCCCN(C)C)c(-c2ccccc2)s1. The highest BCUT2D eigenvalue weighted by Gasteiger charge is 2.17. The Bertz CT molecular complexity index is 593. The van der Waals surface area contributed by atoms with E-state index >= 15 is 0 Å². The summed E-state index contributed by atoms with van der Waals surface area (Å²) in [7, 11) is 4.05. The first-order valence-electron chi connectivity index (χ1n) is 7.03.